The van der Waals surface area contributed by atoms with Crippen LogP contribution in [0.4, 0.5) is 4.79 Å². The Kier molecular flexibility index (Phi) is 5.17. The van der Waals surface area contributed by atoms with Gasteiger partial charge in [0.05, 0.1) is 0 Å². The van der Waals surface area contributed by atoms with Gasteiger partial charge < -0.3 is 15.8 Å². The number of amides is 1. The van der Waals surface area contributed by atoms with E-state index in [-0.39, 0.29) is 11.5 Å². The number of ether oxygens (including phenoxy) is 1. The second-order valence-electron chi connectivity index (χ2n) is 6.58. The molecule has 1 aromatic rings. The minimum absolute atomic E-state index is 0.197. The Morgan fingerprint density at radius 2 is 1.75 bits per heavy atom. The minimum atomic E-state index is -0.497. The second-order valence-corrected chi connectivity index (χ2v) is 6.58. The van der Waals surface area contributed by atoms with E-state index in [2.05, 4.69) is 19.2 Å². The van der Waals surface area contributed by atoms with E-state index < -0.39 is 11.7 Å². The molecule has 4 nitrogen and oxygen atoms in total. The van der Waals surface area contributed by atoms with Crippen LogP contribution >= 0.6 is 0 Å². The Morgan fingerprint density at radius 3 is 2.25 bits per heavy atom. The Labute approximate surface area is 121 Å². The molecule has 0 aromatic heterocycles. The standard InChI is InChI=1S/C16H26N2O2/c1-15(2,3)20-14(19)18-11-13(17)16(4,5)12-9-7-6-8-10-12/h6-10,13H,11,17H2,1-5H3,(H,18,19). The number of hydrogen-bond donors (Lipinski definition) is 2. The monoisotopic (exact) mass is 278 g/mol. The van der Waals surface area contributed by atoms with E-state index in [1.807, 2.05) is 51.1 Å². The van der Waals surface area contributed by atoms with Crippen LogP contribution < -0.4 is 11.1 Å². The number of carbonyl (C=O) groups excluding carboxylic acids is 1. The van der Waals surface area contributed by atoms with Crippen molar-refractivity contribution in [3.8, 4) is 0 Å². The van der Waals surface area contributed by atoms with Crippen LogP contribution in [0.1, 0.15) is 40.2 Å². The van der Waals surface area contributed by atoms with Gasteiger partial charge in [0, 0.05) is 18.0 Å². The summed E-state index contributed by atoms with van der Waals surface area (Å²) in [5.74, 6) is 0. The molecule has 1 amide bonds. The molecule has 112 valence electrons. The van der Waals surface area contributed by atoms with Crippen molar-refractivity contribution in [1.82, 2.24) is 5.32 Å². The van der Waals surface area contributed by atoms with Crippen molar-refractivity contribution < 1.29 is 9.53 Å². The fourth-order valence-corrected chi connectivity index (χ4v) is 1.84. The van der Waals surface area contributed by atoms with Gasteiger partial charge in [-0.25, -0.2) is 4.79 Å². The zero-order valence-corrected chi connectivity index (χ0v) is 13.1. The highest BCUT2D eigenvalue weighted by molar-refractivity contribution is 5.67. The van der Waals surface area contributed by atoms with Crippen LogP contribution in [0.3, 0.4) is 0 Å². The molecule has 1 unspecified atom stereocenters. The summed E-state index contributed by atoms with van der Waals surface area (Å²) in [6.45, 7) is 10.0. The van der Waals surface area contributed by atoms with Crippen LogP contribution in [0, 0.1) is 0 Å². The zero-order valence-electron chi connectivity index (χ0n) is 13.1. The molecule has 0 aliphatic heterocycles. The number of alkyl carbamates (subject to hydrolysis) is 1. The highest BCUT2D eigenvalue weighted by Crippen LogP contribution is 2.25. The predicted molar refractivity (Wildman–Crippen MR) is 81.7 cm³/mol. The van der Waals surface area contributed by atoms with Crippen molar-refractivity contribution in [2.24, 2.45) is 5.73 Å². The first kappa shape index (κ1) is 16.5. The van der Waals surface area contributed by atoms with Crippen molar-refractivity contribution >= 4 is 6.09 Å². The van der Waals surface area contributed by atoms with E-state index in [4.69, 9.17) is 10.5 Å². The molecule has 3 N–H and O–H groups in total. The topological polar surface area (TPSA) is 64.3 Å². The number of rotatable bonds is 4. The summed E-state index contributed by atoms with van der Waals surface area (Å²) in [5, 5.41) is 2.73. The SMILES string of the molecule is CC(C)(C)OC(=O)NCC(N)C(C)(C)c1ccccc1. The van der Waals surface area contributed by atoms with Gasteiger partial charge >= 0.3 is 6.09 Å². The average Bonchev–Trinajstić information content (AvgIpc) is 2.35. The van der Waals surface area contributed by atoms with Gasteiger partial charge in [-0.3, -0.25) is 0 Å². The summed E-state index contributed by atoms with van der Waals surface area (Å²) >= 11 is 0. The number of nitrogens with one attached hydrogen (secondary N) is 1. The molecular formula is C16H26N2O2. The molecular weight excluding hydrogens is 252 g/mol. The van der Waals surface area contributed by atoms with E-state index in [9.17, 15) is 4.79 Å². The van der Waals surface area contributed by atoms with Gasteiger partial charge in [0.25, 0.3) is 0 Å². The molecule has 0 bridgehead atoms. The van der Waals surface area contributed by atoms with E-state index in [0.29, 0.717) is 6.54 Å². The predicted octanol–water partition coefficient (Wildman–Crippen LogP) is 2.82. The molecule has 1 aromatic carbocycles. The molecule has 0 saturated carbocycles. The summed E-state index contributed by atoms with van der Waals surface area (Å²) in [7, 11) is 0. The van der Waals surface area contributed by atoms with Crippen LogP contribution in [-0.4, -0.2) is 24.3 Å². The average molecular weight is 278 g/mol. The van der Waals surface area contributed by atoms with Gasteiger partial charge in [0.2, 0.25) is 0 Å². The second kappa shape index (κ2) is 6.27. The molecule has 4 heteroatoms. The highest BCUT2D eigenvalue weighted by atomic mass is 16.6. The van der Waals surface area contributed by atoms with Crippen LogP contribution in [0.25, 0.3) is 0 Å². The van der Waals surface area contributed by atoms with Gasteiger partial charge in [-0.15, -0.1) is 0 Å². The summed E-state index contributed by atoms with van der Waals surface area (Å²) in [6.07, 6.45) is -0.434. The Balaban J connectivity index is 2.58. The van der Waals surface area contributed by atoms with Gasteiger partial charge in [-0.1, -0.05) is 44.2 Å². The van der Waals surface area contributed by atoms with Crippen molar-refractivity contribution in [2.75, 3.05) is 6.54 Å². The maximum absolute atomic E-state index is 11.6. The van der Waals surface area contributed by atoms with Crippen molar-refractivity contribution in [1.29, 1.82) is 0 Å². The van der Waals surface area contributed by atoms with Gasteiger partial charge in [-0.2, -0.15) is 0 Å². The molecule has 20 heavy (non-hydrogen) atoms. The third kappa shape index (κ3) is 4.85. The fraction of sp³-hybridized carbons (Fsp3) is 0.562. The minimum Gasteiger partial charge on any atom is -0.444 e. The van der Waals surface area contributed by atoms with E-state index in [1.54, 1.807) is 0 Å². The van der Waals surface area contributed by atoms with Gasteiger partial charge in [0.1, 0.15) is 5.60 Å². The largest absolute Gasteiger partial charge is 0.444 e. The molecule has 0 fully saturated rings. The molecule has 0 spiro atoms. The lowest BCUT2D eigenvalue weighted by atomic mass is 9.78. The fourth-order valence-electron chi connectivity index (χ4n) is 1.84. The first-order valence-electron chi connectivity index (χ1n) is 6.91. The van der Waals surface area contributed by atoms with Crippen molar-refractivity contribution in [3.63, 3.8) is 0 Å². The van der Waals surface area contributed by atoms with E-state index in [1.165, 1.54) is 0 Å². The van der Waals surface area contributed by atoms with Crippen molar-refractivity contribution in [2.45, 2.75) is 51.7 Å². The van der Waals surface area contributed by atoms with E-state index >= 15 is 0 Å². The molecule has 1 rings (SSSR count). The number of nitrogens with two attached hydrogens (primary N) is 1. The lowest BCUT2D eigenvalue weighted by molar-refractivity contribution is 0.0521. The van der Waals surface area contributed by atoms with Crippen LogP contribution in [0.5, 0.6) is 0 Å². The third-order valence-electron chi connectivity index (χ3n) is 3.31. The quantitative estimate of drug-likeness (QED) is 0.890. The molecule has 0 aliphatic carbocycles. The first-order chi connectivity index (χ1) is 9.13. The van der Waals surface area contributed by atoms with Gasteiger partial charge in [0.15, 0.2) is 0 Å². The summed E-state index contributed by atoms with van der Waals surface area (Å²) in [5.41, 5.74) is 6.65. The number of benzene rings is 1. The van der Waals surface area contributed by atoms with Crippen LogP contribution in [0.2, 0.25) is 0 Å². The number of hydrogen-bond acceptors (Lipinski definition) is 3. The van der Waals surface area contributed by atoms with Crippen molar-refractivity contribution in [3.05, 3.63) is 35.9 Å². The molecule has 0 aliphatic rings. The Hall–Kier alpha value is -1.55. The summed E-state index contributed by atoms with van der Waals surface area (Å²) in [6, 6.07) is 9.86. The van der Waals surface area contributed by atoms with Crippen LogP contribution in [0.15, 0.2) is 30.3 Å². The molecule has 0 heterocycles. The number of carbonyl (C=O) groups is 1. The smallest absolute Gasteiger partial charge is 0.407 e. The first-order valence-corrected chi connectivity index (χ1v) is 6.91. The summed E-state index contributed by atoms with van der Waals surface area (Å²) in [4.78, 5) is 11.6. The van der Waals surface area contributed by atoms with Crippen LogP contribution in [-0.2, 0) is 10.2 Å². The molecule has 1 atom stereocenters. The highest BCUT2D eigenvalue weighted by Gasteiger charge is 2.29. The normalized spacial score (nSPS) is 13.7. The Morgan fingerprint density at radius 1 is 1.20 bits per heavy atom. The lowest BCUT2D eigenvalue weighted by Crippen LogP contribution is -2.49. The lowest BCUT2D eigenvalue weighted by Gasteiger charge is -2.32. The van der Waals surface area contributed by atoms with Gasteiger partial charge in [-0.05, 0) is 26.3 Å². The molecule has 0 saturated heterocycles. The summed E-state index contributed by atoms with van der Waals surface area (Å²) < 4.78 is 5.20. The maximum atomic E-state index is 11.6. The third-order valence-corrected chi connectivity index (χ3v) is 3.31. The van der Waals surface area contributed by atoms with E-state index in [0.717, 1.165) is 5.56 Å². The maximum Gasteiger partial charge on any atom is 0.407 e. The molecule has 0 radical (unpaired) electrons. The zero-order chi connectivity index (χ0) is 15.4. The Bertz CT molecular complexity index is 436.